The maximum Gasteiger partial charge on any atom is 0.102 e. The van der Waals surface area contributed by atoms with E-state index in [1.165, 1.54) is 5.56 Å². The average Bonchev–Trinajstić information content (AvgIpc) is 2.65. The summed E-state index contributed by atoms with van der Waals surface area (Å²) in [7, 11) is 1.85. The summed E-state index contributed by atoms with van der Waals surface area (Å²) in [5.41, 5.74) is 3.08. The Hall–Kier alpha value is -1.61. The number of hydrogen-bond acceptors (Lipinski definition) is 2. The van der Waals surface area contributed by atoms with Crippen molar-refractivity contribution in [3.05, 3.63) is 53.3 Å². The molecule has 0 aliphatic rings. The van der Waals surface area contributed by atoms with Crippen molar-refractivity contribution in [3.8, 4) is 0 Å². The zero-order valence-corrected chi connectivity index (χ0v) is 9.59. The largest absolute Gasteiger partial charge is 0.386 e. The smallest absolute Gasteiger partial charge is 0.102 e. The molecule has 1 atom stereocenters. The third-order valence-electron chi connectivity index (χ3n) is 2.59. The molecule has 3 nitrogen and oxygen atoms in total. The molecule has 84 valence electrons. The Kier molecular flexibility index (Phi) is 3.06. The predicted octanol–water partition coefficient (Wildman–Crippen LogP) is 2.00. The zero-order valence-electron chi connectivity index (χ0n) is 9.59. The number of aromatic nitrogens is 2. The lowest BCUT2D eigenvalue weighted by Crippen LogP contribution is -2.03. The fourth-order valence-electron chi connectivity index (χ4n) is 1.78. The van der Waals surface area contributed by atoms with Crippen LogP contribution in [0.1, 0.15) is 22.9 Å². The molecule has 0 saturated heterocycles. The zero-order chi connectivity index (χ0) is 11.5. The summed E-state index contributed by atoms with van der Waals surface area (Å²) in [6.45, 7) is 2.05. The summed E-state index contributed by atoms with van der Waals surface area (Å²) in [6, 6.07) is 10.0. The first-order valence-electron chi connectivity index (χ1n) is 5.38. The van der Waals surface area contributed by atoms with E-state index in [0.717, 1.165) is 11.3 Å². The molecule has 0 aliphatic heterocycles. The molecule has 0 spiro atoms. The molecule has 1 N–H and O–H groups in total. The van der Waals surface area contributed by atoms with Crippen LogP contribution in [0.2, 0.25) is 0 Å². The third-order valence-corrected chi connectivity index (χ3v) is 2.59. The Morgan fingerprint density at radius 3 is 2.81 bits per heavy atom. The van der Waals surface area contributed by atoms with Crippen LogP contribution in [0.15, 0.2) is 36.5 Å². The van der Waals surface area contributed by atoms with Gasteiger partial charge in [0.2, 0.25) is 0 Å². The maximum atomic E-state index is 10.0. The number of rotatable bonds is 3. The van der Waals surface area contributed by atoms with Crippen LogP contribution in [-0.2, 0) is 13.5 Å². The Morgan fingerprint density at radius 2 is 2.19 bits per heavy atom. The van der Waals surface area contributed by atoms with E-state index >= 15 is 0 Å². The SMILES string of the molecule is Cc1cccc(CC(O)c2ccn(C)n2)c1. The van der Waals surface area contributed by atoms with Crippen molar-refractivity contribution in [1.29, 1.82) is 0 Å². The summed E-state index contributed by atoms with van der Waals surface area (Å²) in [4.78, 5) is 0. The van der Waals surface area contributed by atoms with Gasteiger partial charge in [0.1, 0.15) is 6.10 Å². The fourth-order valence-corrected chi connectivity index (χ4v) is 1.78. The highest BCUT2D eigenvalue weighted by molar-refractivity contribution is 5.23. The molecule has 1 unspecified atom stereocenters. The van der Waals surface area contributed by atoms with Gasteiger partial charge < -0.3 is 5.11 Å². The molecule has 1 heterocycles. The van der Waals surface area contributed by atoms with Gasteiger partial charge in [0.25, 0.3) is 0 Å². The molecular formula is C13H16N2O. The van der Waals surface area contributed by atoms with Gasteiger partial charge in [-0.1, -0.05) is 29.8 Å². The van der Waals surface area contributed by atoms with Crippen LogP contribution in [0.25, 0.3) is 0 Å². The number of benzene rings is 1. The molecule has 0 amide bonds. The molecule has 2 aromatic rings. The summed E-state index contributed by atoms with van der Waals surface area (Å²) >= 11 is 0. The molecule has 0 bridgehead atoms. The lowest BCUT2D eigenvalue weighted by molar-refractivity contribution is 0.172. The van der Waals surface area contributed by atoms with Gasteiger partial charge in [-0.2, -0.15) is 5.10 Å². The second-order valence-corrected chi connectivity index (χ2v) is 4.12. The molecule has 2 rings (SSSR count). The van der Waals surface area contributed by atoms with Gasteiger partial charge in [0, 0.05) is 19.7 Å². The van der Waals surface area contributed by atoms with E-state index in [-0.39, 0.29) is 0 Å². The van der Waals surface area contributed by atoms with E-state index in [2.05, 4.69) is 24.2 Å². The van der Waals surface area contributed by atoms with Crippen molar-refractivity contribution in [2.75, 3.05) is 0 Å². The second kappa shape index (κ2) is 4.49. The van der Waals surface area contributed by atoms with Crippen LogP contribution >= 0.6 is 0 Å². The minimum atomic E-state index is -0.525. The fraction of sp³-hybridized carbons (Fsp3) is 0.308. The summed E-state index contributed by atoms with van der Waals surface area (Å²) in [6.07, 6.45) is 1.93. The van der Waals surface area contributed by atoms with Crippen LogP contribution < -0.4 is 0 Å². The molecule has 3 heteroatoms. The topological polar surface area (TPSA) is 38.0 Å². The Balaban J connectivity index is 2.10. The molecule has 1 aromatic carbocycles. The Labute approximate surface area is 95.3 Å². The summed E-state index contributed by atoms with van der Waals surface area (Å²) in [5.74, 6) is 0. The first-order valence-corrected chi connectivity index (χ1v) is 5.38. The van der Waals surface area contributed by atoms with Gasteiger partial charge in [-0.05, 0) is 18.6 Å². The first-order chi connectivity index (χ1) is 7.65. The minimum absolute atomic E-state index is 0.525. The van der Waals surface area contributed by atoms with E-state index in [9.17, 15) is 5.11 Å². The molecule has 0 radical (unpaired) electrons. The Bertz CT molecular complexity index is 476. The maximum absolute atomic E-state index is 10.0. The van der Waals surface area contributed by atoms with Gasteiger partial charge in [-0.3, -0.25) is 4.68 Å². The summed E-state index contributed by atoms with van der Waals surface area (Å²) in [5, 5.41) is 14.2. The summed E-state index contributed by atoms with van der Waals surface area (Å²) < 4.78 is 1.70. The van der Waals surface area contributed by atoms with E-state index in [0.29, 0.717) is 6.42 Å². The Morgan fingerprint density at radius 1 is 1.38 bits per heavy atom. The van der Waals surface area contributed by atoms with E-state index in [4.69, 9.17) is 0 Å². The molecule has 1 aromatic heterocycles. The number of aliphatic hydroxyl groups is 1. The lowest BCUT2D eigenvalue weighted by Gasteiger charge is -2.08. The van der Waals surface area contributed by atoms with Crippen LogP contribution in [0.4, 0.5) is 0 Å². The van der Waals surface area contributed by atoms with E-state index in [1.54, 1.807) is 4.68 Å². The highest BCUT2D eigenvalue weighted by Gasteiger charge is 2.11. The normalized spacial score (nSPS) is 12.7. The number of aliphatic hydroxyl groups excluding tert-OH is 1. The quantitative estimate of drug-likeness (QED) is 0.852. The van der Waals surface area contributed by atoms with Crippen molar-refractivity contribution in [2.45, 2.75) is 19.4 Å². The van der Waals surface area contributed by atoms with Gasteiger partial charge in [0.15, 0.2) is 0 Å². The molecule has 16 heavy (non-hydrogen) atoms. The number of aryl methyl sites for hydroxylation is 2. The highest BCUT2D eigenvalue weighted by atomic mass is 16.3. The van der Waals surface area contributed by atoms with Crippen LogP contribution in [0.5, 0.6) is 0 Å². The van der Waals surface area contributed by atoms with E-state index < -0.39 is 6.10 Å². The standard InChI is InChI=1S/C13H16N2O/c1-10-4-3-5-11(8-10)9-13(16)12-6-7-15(2)14-12/h3-8,13,16H,9H2,1-2H3. The van der Waals surface area contributed by atoms with Crippen molar-refractivity contribution < 1.29 is 5.11 Å². The molecule has 0 fully saturated rings. The highest BCUT2D eigenvalue weighted by Crippen LogP contribution is 2.16. The van der Waals surface area contributed by atoms with Gasteiger partial charge in [0.05, 0.1) is 5.69 Å². The van der Waals surface area contributed by atoms with Crippen LogP contribution in [0, 0.1) is 6.92 Å². The lowest BCUT2D eigenvalue weighted by atomic mass is 10.0. The average molecular weight is 216 g/mol. The molecular weight excluding hydrogens is 200 g/mol. The number of nitrogens with zero attached hydrogens (tertiary/aromatic N) is 2. The van der Waals surface area contributed by atoms with Crippen LogP contribution in [0.3, 0.4) is 0 Å². The van der Waals surface area contributed by atoms with E-state index in [1.807, 2.05) is 31.4 Å². The van der Waals surface area contributed by atoms with Crippen molar-refractivity contribution in [3.63, 3.8) is 0 Å². The van der Waals surface area contributed by atoms with Crippen molar-refractivity contribution in [2.24, 2.45) is 7.05 Å². The number of hydrogen-bond donors (Lipinski definition) is 1. The van der Waals surface area contributed by atoms with Gasteiger partial charge >= 0.3 is 0 Å². The minimum Gasteiger partial charge on any atom is -0.386 e. The third kappa shape index (κ3) is 2.49. The second-order valence-electron chi connectivity index (χ2n) is 4.12. The first kappa shape index (κ1) is 10.9. The van der Waals surface area contributed by atoms with Crippen LogP contribution in [-0.4, -0.2) is 14.9 Å². The predicted molar refractivity (Wildman–Crippen MR) is 63.1 cm³/mol. The van der Waals surface area contributed by atoms with Crippen molar-refractivity contribution >= 4 is 0 Å². The van der Waals surface area contributed by atoms with Crippen molar-refractivity contribution in [1.82, 2.24) is 9.78 Å². The van der Waals surface area contributed by atoms with Gasteiger partial charge in [-0.15, -0.1) is 0 Å². The monoisotopic (exact) mass is 216 g/mol. The molecule has 0 aliphatic carbocycles. The molecule has 0 saturated carbocycles. The van der Waals surface area contributed by atoms with Gasteiger partial charge in [-0.25, -0.2) is 0 Å².